The minimum Gasteiger partial charge on any atom is -0.707 e. The van der Waals surface area contributed by atoms with E-state index in [0.29, 0.717) is 17.5 Å². The number of aromatic nitrogens is 16. The van der Waals surface area contributed by atoms with Gasteiger partial charge < -0.3 is 35.2 Å². The molecule has 16 nitrogen and oxygen atoms in total. The minimum absolute atomic E-state index is 0. The molecule has 0 unspecified atom stereocenters. The summed E-state index contributed by atoms with van der Waals surface area (Å²) >= 11 is 0. The summed E-state index contributed by atoms with van der Waals surface area (Å²) in [7, 11) is 0. The van der Waals surface area contributed by atoms with Gasteiger partial charge in [0.05, 0.1) is 11.4 Å². The quantitative estimate of drug-likeness (QED) is 0.0837. The molecule has 8 heterocycles. The summed E-state index contributed by atoms with van der Waals surface area (Å²) in [4.78, 5) is 18.0. The molecule has 0 radical (unpaired) electrons. The fourth-order valence-corrected chi connectivity index (χ4v) is 15.0. The van der Waals surface area contributed by atoms with Crippen LogP contribution in [0.25, 0.3) is 158 Å². The zero-order valence-electron chi connectivity index (χ0n) is 78.6. The number of rotatable bonds is 16. The molecule has 20 heteroatoms. The third-order valence-electron chi connectivity index (χ3n) is 21.9. The zero-order valence-corrected chi connectivity index (χ0v) is 87.7. The Hall–Kier alpha value is -16.0. The monoisotopic (exact) mass is 2580 g/mol. The summed E-state index contributed by atoms with van der Waals surface area (Å²) in [6, 6.07) is 174. The predicted octanol–water partition coefficient (Wildman–Crippen LogP) is 27.3. The number of nitrogens with zero attached hydrogens (tertiary/aromatic N) is 16. The first-order valence-electron chi connectivity index (χ1n) is 45.5. The first-order chi connectivity index (χ1) is 69.1. The normalized spacial score (nSPS) is 10.1. The van der Waals surface area contributed by atoms with Crippen LogP contribution >= 0.6 is 0 Å². The topological polar surface area (TPSA) is 179 Å². The van der Waals surface area contributed by atoms with Crippen LogP contribution in [0.15, 0.2) is 486 Å². The molecule has 0 bridgehead atoms. The van der Waals surface area contributed by atoms with Crippen LogP contribution in [0.4, 0.5) is 0 Å². The Morgan fingerprint density at radius 2 is 0.562 bits per heavy atom. The first kappa shape index (κ1) is 105. The van der Waals surface area contributed by atoms with E-state index < -0.39 is 0 Å². The molecule has 0 saturated heterocycles. The molecule has 0 atom stereocenters. The van der Waals surface area contributed by atoms with Crippen molar-refractivity contribution in [3.63, 3.8) is 0 Å². The summed E-state index contributed by atoms with van der Waals surface area (Å²) < 4.78 is 7.35. The molecule has 720 valence electrons. The van der Waals surface area contributed by atoms with Crippen LogP contribution in [0.2, 0.25) is 0 Å². The van der Waals surface area contributed by atoms with Gasteiger partial charge in [0.25, 0.3) is 0 Å². The smallest absolute Gasteiger partial charge is 0.0600 e. The van der Waals surface area contributed by atoms with Crippen molar-refractivity contribution < 1.29 is 84.3 Å². The molecule has 0 N–H and O–H groups in total. The fraction of sp³-hybridized carbons (Fsp3) is 0.0323. The van der Waals surface area contributed by atoms with E-state index in [1.807, 2.05) is 323 Å². The van der Waals surface area contributed by atoms with Crippen LogP contribution in [0, 0.1) is 76.2 Å². The molecular weight excluding hydrogens is 2490 g/mol. The van der Waals surface area contributed by atoms with Crippen molar-refractivity contribution in [1.29, 1.82) is 0 Å². The molecule has 144 heavy (non-hydrogen) atoms. The molecule has 0 saturated carbocycles. The van der Waals surface area contributed by atoms with Gasteiger partial charge in [-0.05, 0) is 147 Å². The molecule has 0 amide bonds. The zero-order chi connectivity index (χ0) is 95.5. The van der Waals surface area contributed by atoms with Gasteiger partial charge in [-0.1, -0.05) is 236 Å². The van der Waals surface area contributed by atoms with E-state index in [0.717, 1.165) is 113 Å². The molecule has 0 aliphatic rings. The standard InChI is InChI=1S/C22H15N.2C21H14N2.C20H13N3.2C11H11N2.2C9H7N2.4Pt/c1-3-7-17(8-4-1)18-11-13-19(14-12-18)21-15-22(23-16-21)20-9-5-2-6-10-20;1-3-7-16(8-4-1)17-11-13-18(14-12-17)20-15-22-21(23-20)19-9-5-2-6-10-19;1-3-7-16(8-4-1)17-11-13-19(14-12-17)21-15-20(22-23-21)18-9-5-2-6-10-18;1-3-7-15(8-4-1)16-11-13-18(14-12-16)20-21-19(22-23-20)17-9-5-2-6-10-17;2*1-9-8-10(2)13(12-9)11-6-4-3-5-7-11;2*1-2-5-9(6-3-1)11-8-4-7-10-11;;;;/h1-9,11-16H;2*1-9,11-15H;1-9,11-14H;2*3-6,8H,1-2H3;2*1-5,7-8H;;;;/q4*-2;4*-1;;;;. The summed E-state index contributed by atoms with van der Waals surface area (Å²) in [5, 5.41) is 33.8. The van der Waals surface area contributed by atoms with Gasteiger partial charge in [0.2, 0.25) is 0 Å². The Morgan fingerprint density at radius 3 is 0.917 bits per heavy atom. The third-order valence-corrected chi connectivity index (χ3v) is 21.9. The van der Waals surface area contributed by atoms with Crippen molar-refractivity contribution >= 4 is 0 Å². The van der Waals surface area contributed by atoms with Gasteiger partial charge in [0.1, 0.15) is 0 Å². The van der Waals surface area contributed by atoms with Crippen molar-refractivity contribution in [3.8, 4) is 158 Å². The second kappa shape index (κ2) is 54.7. The summed E-state index contributed by atoms with van der Waals surface area (Å²) in [5.74, 6) is 1.96. The van der Waals surface area contributed by atoms with Crippen LogP contribution in [-0.2, 0) is 84.3 Å². The molecule has 0 aliphatic heterocycles. The van der Waals surface area contributed by atoms with Gasteiger partial charge in [-0.2, -0.15) is 146 Å². The maximum absolute atomic E-state index is 4.61. The summed E-state index contributed by atoms with van der Waals surface area (Å²) in [5.41, 5.74) is 30.7. The number of benzene rings is 16. The second-order valence-electron chi connectivity index (χ2n) is 31.8. The van der Waals surface area contributed by atoms with Gasteiger partial charge in [0.15, 0.2) is 0 Å². The van der Waals surface area contributed by atoms with Crippen LogP contribution in [0.3, 0.4) is 0 Å². The molecular formula is C124H92N16Pt4-12. The Bertz CT molecular complexity index is 6940. The van der Waals surface area contributed by atoms with Gasteiger partial charge >= 0.3 is 0 Å². The van der Waals surface area contributed by atoms with E-state index in [-0.39, 0.29) is 84.3 Å². The van der Waals surface area contributed by atoms with E-state index in [4.69, 9.17) is 0 Å². The molecule has 24 aromatic rings. The Morgan fingerprint density at radius 1 is 0.236 bits per heavy atom. The molecule has 8 aromatic heterocycles. The Kier molecular flexibility index (Phi) is 40.0. The summed E-state index contributed by atoms with van der Waals surface area (Å²) in [6.07, 6.45) is 11.0. The van der Waals surface area contributed by atoms with Crippen LogP contribution in [0.5, 0.6) is 0 Å². The van der Waals surface area contributed by atoms with E-state index in [1.54, 1.807) is 21.8 Å². The molecule has 0 aliphatic carbocycles. The Balaban J connectivity index is 0.000000140. The third kappa shape index (κ3) is 29.6. The van der Waals surface area contributed by atoms with Crippen molar-refractivity contribution in [3.05, 3.63) is 557 Å². The van der Waals surface area contributed by atoms with E-state index in [9.17, 15) is 0 Å². The minimum atomic E-state index is 0. The number of aryl methyl sites for hydroxylation is 4. The predicted molar refractivity (Wildman–Crippen MR) is 559 cm³/mol. The molecule has 16 aromatic carbocycles. The first-order valence-corrected chi connectivity index (χ1v) is 45.5. The van der Waals surface area contributed by atoms with Crippen molar-refractivity contribution in [2.24, 2.45) is 0 Å². The average molecular weight is 2590 g/mol. The molecule has 24 rings (SSSR count). The van der Waals surface area contributed by atoms with Crippen molar-refractivity contribution in [1.82, 2.24) is 79.5 Å². The maximum atomic E-state index is 4.61. The van der Waals surface area contributed by atoms with Crippen molar-refractivity contribution in [2.75, 3.05) is 0 Å². The van der Waals surface area contributed by atoms with E-state index >= 15 is 0 Å². The van der Waals surface area contributed by atoms with Crippen LogP contribution in [0.1, 0.15) is 22.8 Å². The maximum Gasteiger partial charge on any atom is 0.0600 e. The SMILES string of the molecule is Cc1cc(C)n(-c2[c-]cccc2)n1.Cc1cc(C)n(-c2[c-]cccc2)n1.[Pt].[Pt].[Pt].[Pt].[c-]1ccccc1-c1cc(-c2ccc(-c3ccccc3)cc2)c[n-]1.[c-]1ccccc1-c1cc(-c2ccc(-c3ccccc3)cc2)n[n-]1.[c-]1ccccc1-c1nc(-c2ccc(-c3ccccc3)cc2)c[n-]1.[c-]1ccccc1-c1nc(-c2ccc(-c3ccccc3)cc2)n[n-]1.[c-]1ccccc1-n1cccn1.[c-]1ccccc1-n1cccn1. The summed E-state index contributed by atoms with van der Waals surface area (Å²) in [6.45, 7) is 8.07. The number of para-hydroxylation sites is 4. The van der Waals surface area contributed by atoms with Gasteiger partial charge in [-0.15, -0.1) is 163 Å². The van der Waals surface area contributed by atoms with E-state index in [2.05, 4.69) is 297 Å². The van der Waals surface area contributed by atoms with Crippen LogP contribution < -0.4 is 20.2 Å². The molecule has 0 fully saturated rings. The average Bonchev–Trinajstić information content (AvgIpc) is 1.44. The Labute approximate surface area is 898 Å². The molecule has 0 spiro atoms. The van der Waals surface area contributed by atoms with E-state index in [1.165, 1.54) is 50.1 Å². The number of hydrogen-bond donors (Lipinski definition) is 0. The van der Waals surface area contributed by atoms with Crippen molar-refractivity contribution in [2.45, 2.75) is 27.7 Å². The van der Waals surface area contributed by atoms with Gasteiger partial charge in [0, 0.05) is 132 Å². The number of imidazole rings is 1. The number of hydrogen-bond acceptors (Lipinski definition) is 8. The fourth-order valence-electron chi connectivity index (χ4n) is 15.0. The van der Waals surface area contributed by atoms with Gasteiger partial charge in [-0.3, -0.25) is 23.8 Å². The van der Waals surface area contributed by atoms with Gasteiger partial charge in [-0.25, -0.2) is 11.4 Å². The second-order valence-corrected chi connectivity index (χ2v) is 31.8. The largest absolute Gasteiger partial charge is 0.707 e. The van der Waals surface area contributed by atoms with Crippen LogP contribution in [-0.4, -0.2) is 59.3 Å².